The Morgan fingerprint density at radius 3 is 2.17 bits per heavy atom. The summed E-state index contributed by atoms with van der Waals surface area (Å²) in [6.07, 6.45) is 0. The number of nitrogens with zero attached hydrogens (tertiary/aromatic N) is 2. The summed E-state index contributed by atoms with van der Waals surface area (Å²) < 4.78 is 0. The van der Waals surface area contributed by atoms with Gasteiger partial charge in [0.15, 0.2) is 0 Å². The van der Waals surface area contributed by atoms with Crippen LogP contribution in [0.25, 0.3) is 0 Å². The monoisotopic (exact) mass is 394 g/mol. The number of likely N-dealkylation sites (N-methyl/N-ethyl adjacent to an activating group) is 1. The third kappa shape index (κ3) is 5.89. The minimum Gasteiger partial charge on any atom is -0.358 e. The lowest BCUT2D eigenvalue weighted by Gasteiger charge is -2.34. The lowest BCUT2D eigenvalue weighted by molar-refractivity contribution is -0.132. The maximum absolute atomic E-state index is 12.8. The molecule has 0 unspecified atom stereocenters. The molecule has 0 aliphatic carbocycles. The van der Waals surface area contributed by atoms with E-state index in [1.807, 2.05) is 23.1 Å². The smallest absolute Gasteiger partial charge is 0.236 e. The second kappa shape index (κ2) is 10.2. The van der Waals surface area contributed by atoms with Crippen LogP contribution < -0.4 is 10.6 Å². The molecule has 0 bridgehead atoms. The average molecular weight is 395 g/mol. The van der Waals surface area contributed by atoms with Crippen molar-refractivity contribution in [3.63, 3.8) is 0 Å². The van der Waals surface area contributed by atoms with Crippen LogP contribution in [0.1, 0.15) is 22.7 Å². The fraction of sp³-hybridized carbons (Fsp3) is 0.391. The molecule has 2 N–H and O–H groups in total. The quantitative estimate of drug-likeness (QED) is 0.748. The molecule has 2 aromatic carbocycles. The number of rotatable bonds is 7. The van der Waals surface area contributed by atoms with Crippen LogP contribution in [0.5, 0.6) is 0 Å². The maximum atomic E-state index is 12.8. The van der Waals surface area contributed by atoms with E-state index in [1.54, 1.807) is 7.05 Å². The highest BCUT2D eigenvalue weighted by Gasteiger charge is 2.23. The fourth-order valence-corrected chi connectivity index (χ4v) is 3.57. The number of carbonyl (C=O) groups excluding carboxylic acids is 2. The average Bonchev–Trinajstić information content (AvgIpc) is 2.76. The summed E-state index contributed by atoms with van der Waals surface area (Å²) in [7, 11) is 1.64. The molecule has 0 radical (unpaired) electrons. The molecule has 6 heteroatoms. The van der Waals surface area contributed by atoms with Crippen LogP contribution in [-0.2, 0) is 9.59 Å². The largest absolute Gasteiger partial charge is 0.358 e. The summed E-state index contributed by atoms with van der Waals surface area (Å²) in [5.41, 5.74) is 3.50. The van der Waals surface area contributed by atoms with Crippen LogP contribution in [0.15, 0.2) is 54.6 Å². The molecule has 0 aromatic heterocycles. The second-order valence-electron chi connectivity index (χ2n) is 7.47. The molecule has 1 saturated heterocycles. The molecule has 2 aromatic rings. The Balaban J connectivity index is 1.59. The van der Waals surface area contributed by atoms with Gasteiger partial charge in [-0.15, -0.1) is 0 Å². The van der Waals surface area contributed by atoms with Gasteiger partial charge < -0.3 is 10.2 Å². The first-order valence-corrected chi connectivity index (χ1v) is 10.1. The molecule has 154 valence electrons. The van der Waals surface area contributed by atoms with Crippen LogP contribution in [0.2, 0.25) is 0 Å². The second-order valence-corrected chi connectivity index (χ2v) is 7.47. The molecule has 1 atom stereocenters. The molecule has 0 spiro atoms. The van der Waals surface area contributed by atoms with E-state index in [2.05, 4.69) is 58.9 Å². The first kappa shape index (κ1) is 21.0. The standard InChI is InChI=1S/C23H30N4O2/c1-18-8-10-20(11-9-18)23(19-6-4-3-5-7-19)25-16-22(29)27-14-12-26(13-15-27)17-21(28)24-2/h3-11,23,25H,12-17H2,1-2H3,(H,24,28)/t23-/m0/s1. The zero-order valence-electron chi connectivity index (χ0n) is 17.2. The number of amides is 2. The summed E-state index contributed by atoms with van der Waals surface area (Å²) in [4.78, 5) is 28.2. The Morgan fingerprint density at radius 1 is 0.931 bits per heavy atom. The summed E-state index contributed by atoms with van der Waals surface area (Å²) in [5.74, 6) is 0.105. The van der Waals surface area contributed by atoms with Gasteiger partial charge in [0.25, 0.3) is 0 Å². The third-order valence-electron chi connectivity index (χ3n) is 5.37. The number of hydrogen-bond acceptors (Lipinski definition) is 4. The molecule has 1 heterocycles. The van der Waals surface area contributed by atoms with E-state index in [0.717, 1.165) is 24.2 Å². The Kier molecular flexibility index (Phi) is 7.38. The van der Waals surface area contributed by atoms with Crippen molar-refractivity contribution in [2.45, 2.75) is 13.0 Å². The lowest BCUT2D eigenvalue weighted by atomic mass is 9.98. The lowest BCUT2D eigenvalue weighted by Crippen LogP contribution is -2.52. The van der Waals surface area contributed by atoms with Gasteiger partial charge in [-0.2, -0.15) is 0 Å². The van der Waals surface area contributed by atoms with E-state index >= 15 is 0 Å². The van der Waals surface area contributed by atoms with E-state index in [-0.39, 0.29) is 24.4 Å². The van der Waals surface area contributed by atoms with E-state index in [9.17, 15) is 9.59 Å². The fourth-order valence-electron chi connectivity index (χ4n) is 3.57. The van der Waals surface area contributed by atoms with Crippen molar-refractivity contribution in [1.29, 1.82) is 0 Å². The van der Waals surface area contributed by atoms with Crippen molar-refractivity contribution < 1.29 is 9.59 Å². The molecule has 1 aliphatic rings. The predicted molar refractivity (Wildman–Crippen MR) is 115 cm³/mol. The van der Waals surface area contributed by atoms with E-state index in [0.29, 0.717) is 19.6 Å². The molecule has 3 rings (SSSR count). The van der Waals surface area contributed by atoms with Crippen LogP contribution in [0.4, 0.5) is 0 Å². The van der Waals surface area contributed by atoms with E-state index < -0.39 is 0 Å². The van der Waals surface area contributed by atoms with Gasteiger partial charge in [0, 0.05) is 33.2 Å². The normalized spacial score (nSPS) is 15.7. The van der Waals surface area contributed by atoms with Gasteiger partial charge >= 0.3 is 0 Å². The molecule has 0 saturated carbocycles. The summed E-state index contributed by atoms with van der Waals surface area (Å²) >= 11 is 0. The SMILES string of the molecule is CNC(=O)CN1CCN(C(=O)CN[C@@H](c2ccccc2)c2ccc(C)cc2)CC1. The highest BCUT2D eigenvalue weighted by atomic mass is 16.2. The first-order chi connectivity index (χ1) is 14.1. The molecule has 2 amide bonds. The Morgan fingerprint density at radius 2 is 1.55 bits per heavy atom. The number of nitrogens with one attached hydrogen (secondary N) is 2. The van der Waals surface area contributed by atoms with Crippen LogP contribution >= 0.6 is 0 Å². The summed E-state index contributed by atoms with van der Waals surface area (Å²) in [5, 5.41) is 6.09. The van der Waals surface area contributed by atoms with Gasteiger partial charge in [0.2, 0.25) is 11.8 Å². The van der Waals surface area contributed by atoms with Crippen molar-refractivity contribution in [3.8, 4) is 0 Å². The van der Waals surface area contributed by atoms with Gasteiger partial charge in [-0.3, -0.25) is 19.8 Å². The van der Waals surface area contributed by atoms with E-state index in [1.165, 1.54) is 5.56 Å². The van der Waals surface area contributed by atoms with Gasteiger partial charge in [-0.1, -0.05) is 60.2 Å². The predicted octanol–water partition coefficient (Wildman–Crippen LogP) is 1.56. The van der Waals surface area contributed by atoms with Crippen molar-refractivity contribution in [3.05, 3.63) is 71.3 Å². The number of carbonyl (C=O) groups is 2. The topological polar surface area (TPSA) is 64.7 Å². The van der Waals surface area contributed by atoms with Gasteiger partial charge in [-0.25, -0.2) is 0 Å². The molecule has 29 heavy (non-hydrogen) atoms. The number of hydrogen-bond donors (Lipinski definition) is 2. The highest BCUT2D eigenvalue weighted by molar-refractivity contribution is 5.79. The number of piperazine rings is 1. The molecule has 1 aliphatic heterocycles. The minimum absolute atomic E-state index is 0.00949. The molecule has 1 fully saturated rings. The zero-order chi connectivity index (χ0) is 20.6. The minimum atomic E-state index is -0.0321. The van der Waals surface area contributed by atoms with Crippen molar-refractivity contribution in [2.75, 3.05) is 46.3 Å². The Hall–Kier alpha value is -2.70. The van der Waals surface area contributed by atoms with Gasteiger partial charge in [-0.05, 0) is 18.1 Å². The maximum Gasteiger partial charge on any atom is 0.236 e. The molecule has 6 nitrogen and oxygen atoms in total. The van der Waals surface area contributed by atoms with Crippen molar-refractivity contribution in [1.82, 2.24) is 20.4 Å². The summed E-state index contributed by atoms with van der Waals surface area (Å²) in [6.45, 7) is 5.49. The number of benzene rings is 2. The Labute approximate surface area is 172 Å². The Bertz CT molecular complexity index is 799. The van der Waals surface area contributed by atoms with Crippen LogP contribution in [-0.4, -0.2) is 67.9 Å². The van der Waals surface area contributed by atoms with Crippen molar-refractivity contribution in [2.24, 2.45) is 0 Å². The third-order valence-corrected chi connectivity index (χ3v) is 5.37. The van der Waals surface area contributed by atoms with E-state index in [4.69, 9.17) is 0 Å². The first-order valence-electron chi connectivity index (χ1n) is 10.1. The molecular formula is C23H30N4O2. The van der Waals surface area contributed by atoms with Crippen LogP contribution in [0, 0.1) is 6.92 Å². The van der Waals surface area contributed by atoms with Gasteiger partial charge in [0.1, 0.15) is 0 Å². The van der Waals surface area contributed by atoms with Crippen molar-refractivity contribution >= 4 is 11.8 Å². The summed E-state index contributed by atoms with van der Waals surface area (Å²) in [6, 6.07) is 18.6. The number of aryl methyl sites for hydroxylation is 1. The van der Waals surface area contributed by atoms with Crippen LogP contribution in [0.3, 0.4) is 0 Å². The molecular weight excluding hydrogens is 364 g/mol. The van der Waals surface area contributed by atoms with Gasteiger partial charge in [0.05, 0.1) is 19.1 Å². The zero-order valence-corrected chi connectivity index (χ0v) is 17.2. The highest BCUT2D eigenvalue weighted by Crippen LogP contribution is 2.22.